The van der Waals surface area contributed by atoms with Gasteiger partial charge in [0, 0.05) is 31.9 Å². The average Bonchev–Trinajstić information content (AvgIpc) is 3.12. The van der Waals surface area contributed by atoms with E-state index in [1.165, 1.54) is 18.4 Å². The predicted molar refractivity (Wildman–Crippen MR) is 76.7 cm³/mol. The Labute approximate surface area is 114 Å². The molecule has 0 aliphatic heterocycles. The molecule has 2 N–H and O–H groups in total. The van der Waals surface area contributed by atoms with Crippen LogP contribution < -0.4 is 10.2 Å². The van der Waals surface area contributed by atoms with Crippen LogP contribution in [0.15, 0.2) is 24.3 Å². The van der Waals surface area contributed by atoms with E-state index >= 15 is 0 Å². The fourth-order valence-corrected chi connectivity index (χ4v) is 2.20. The molecule has 1 aliphatic rings. The van der Waals surface area contributed by atoms with Gasteiger partial charge in [-0.25, -0.2) is 0 Å². The van der Waals surface area contributed by atoms with Crippen molar-refractivity contribution in [2.75, 3.05) is 19.0 Å². The van der Waals surface area contributed by atoms with Crippen molar-refractivity contribution in [2.45, 2.75) is 37.8 Å². The zero-order chi connectivity index (χ0) is 13.8. The molecule has 1 aromatic rings. The van der Waals surface area contributed by atoms with Gasteiger partial charge < -0.3 is 15.3 Å². The third-order valence-electron chi connectivity index (χ3n) is 3.40. The summed E-state index contributed by atoms with van der Waals surface area (Å²) in [6, 6.07) is 8.88. The van der Waals surface area contributed by atoms with Crippen LogP contribution in [0.3, 0.4) is 0 Å². The van der Waals surface area contributed by atoms with Crippen LogP contribution >= 0.6 is 0 Å². The van der Waals surface area contributed by atoms with Crippen molar-refractivity contribution in [1.82, 2.24) is 5.32 Å². The number of aliphatic carboxylic acids is 1. The molecule has 0 saturated heterocycles. The van der Waals surface area contributed by atoms with Crippen molar-refractivity contribution in [3.05, 3.63) is 29.8 Å². The molecule has 0 heterocycles. The van der Waals surface area contributed by atoms with Gasteiger partial charge in [0.25, 0.3) is 0 Å². The number of hydrogen-bond donors (Lipinski definition) is 2. The van der Waals surface area contributed by atoms with Crippen molar-refractivity contribution >= 4 is 11.7 Å². The fraction of sp³-hybridized carbons (Fsp3) is 0.533. The highest BCUT2D eigenvalue weighted by Gasteiger charge is 2.25. The maximum atomic E-state index is 10.9. The van der Waals surface area contributed by atoms with E-state index in [0.717, 1.165) is 12.1 Å². The van der Waals surface area contributed by atoms with E-state index in [4.69, 9.17) is 5.11 Å². The summed E-state index contributed by atoms with van der Waals surface area (Å²) in [5.41, 5.74) is 2.35. The van der Waals surface area contributed by atoms with Crippen LogP contribution in [0.4, 0.5) is 5.69 Å². The lowest BCUT2D eigenvalue weighted by atomic mass is 10.0. The molecular weight excluding hydrogens is 240 g/mol. The Kier molecular flexibility index (Phi) is 4.43. The molecule has 0 bridgehead atoms. The summed E-state index contributed by atoms with van der Waals surface area (Å²) in [5.74, 6) is -0.733. The van der Waals surface area contributed by atoms with Gasteiger partial charge in [-0.1, -0.05) is 12.1 Å². The molecule has 1 aromatic carbocycles. The van der Waals surface area contributed by atoms with Gasteiger partial charge in [0.1, 0.15) is 0 Å². The summed E-state index contributed by atoms with van der Waals surface area (Å²) in [7, 11) is 4.02. The molecule has 4 heteroatoms. The second-order valence-electron chi connectivity index (χ2n) is 5.50. The van der Waals surface area contributed by atoms with Gasteiger partial charge in [0.05, 0.1) is 6.42 Å². The van der Waals surface area contributed by atoms with Gasteiger partial charge in [-0.05, 0) is 37.0 Å². The molecule has 1 unspecified atom stereocenters. The Morgan fingerprint density at radius 2 is 2.00 bits per heavy atom. The second-order valence-corrected chi connectivity index (χ2v) is 5.50. The first kappa shape index (κ1) is 13.9. The van der Waals surface area contributed by atoms with E-state index in [1.54, 1.807) is 0 Å². The van der Waals surface area contributed by atoms with E-state index in [9.17, 15) is 4.79 Å². The first-order valence-corrected chi connectivity index (χ1v) is 6.78. The van der Waals surface area contributed by atoms with Crippen molar-refractivity contribution < 1.29 is 9.90 Å². The number of rotatable bonds is 7. The largest absolute Gasteiger partial charge is 0.481 e. The minimum Gasteiger partial charge on any atom is -0.481 e. The number of carboxylic acids is 1. The number of benzene rings is 1. The maximum absolute atomic E-state index is 10.9. The van der Waals surface area contributed by atoms with Crippen LogP contribution in [0, 0.1) is 0 Å². The predicted octanol–water partition coefficient (Wildman–Crippen LogP) is 1.89. The third kappa shape index (κ3) is 4.56. The summed E-state index contributed by atoms with van der Waals surface area (Å²) >= 11 is 0. The molecule has 0 spiro atoms. The van der Waals surface area contributed by atoms with Crippen LogP contribution in [0.5, 0.6) is 0 Å². The third-order valence-corrected chi connectivity index (χ3v) is 3.40. The van der Waals surface area contributed by atoms with Crippen molar-refractivity contribution in [2.24, 2.45) is 0 Å². The molecule has 0 radical (unpaired) electrons. The van der Waals surface area contributed by atoms with Gasteiger partial charge in [0.2, 0.25) is 0 Å². The van der Waals surface area contributed by atoms with Crippen LogP contribution in [-0.2, 0) is 11.2 Å². The number of nitrogens with one attached hydrogen (secondary N) is 1. The molecule has 1 saturated carbocycles. The summed E-state index contributed by atoms with van der Waals surface area (Å²) in [6.07, 6.45) is 3.31. The molecule has 19 heavy (non-hydrogen) atoms. The smallest absolute Gasteiger partial charge is 0.304 e. The van der Waals surface area contributed by atoms with Gasteiger partial charge in [-0.2, -0.15) is 0 Å². The molecule has 104 valence electrons. The summed E-state index contributed by atoms with van der Waals surface area (Å²) in [6.45, 7) is 0. The highest BCUT2D eigenvalue weighted by molar-refractivity contribution is 5.67. The quantitative estimate of drug-likeness (QED) is 0.788. The monoisotopic (exact) mass is 262 g/mol. The Balaban J connectivity index is 1.96. The highest BCUT2D eigenvalue weighted by atomic mass is 16.4. The van der Waals surface area contributed by atoms with Gasteiger partial charge in [0.15, 0.2) is 0 Å². The Hall–Kier alpha value is -1.55. The topological polar surface area (TPSA) is 52.6 Å². The Morgan fingerprint density at radius 3 is 2.47 bits per heavy atom. The Morgan fingerprint density at radius 1 is 1.37 bits per heavy atom. The molecule has 4 nitrogen and oxygen atoms in total. The van der Waals surface area contributed by atoms with Crippen LogP contribution in [-0.4, -0.2) is 37.3 Å². The lowest BCUT2D eigenvalue weighted by Crippen LogP contribution is -2.35. The number of carbonyl (C=O) groups is 1. The van der Waals surface area contributed by atoms with Gasteiger partial charge >= 0.3 is 5.97 Å². The summed E-state index contributed by atoms with van der Waals surface area (Å²) in [5, 5.41) is 12.4. The van der Waals surface area contributed by atoms with E-state index in [0.29, 0.717) is 6.04 Å². The minimum absolute atomic E-state index is 0.0372. The van der Waals surface area contributed by atoms with Crippen molar-refractivity contribution in [3.63, 3.8) is 0 Å². The SMILES string of the molecule is CN(C)c1ccc(CC(CC(=O)O)NC2CC2)cc1. The molecule has 0 aromatic heterocycles. The zero-order valence-electron chi connectivity index (χ0n) is 11.6. The van der Waals surface area contributed by atoms with Crippen molar-refractivity contribution in [3.8, 4) is 0 Å². The summed E-state index contributed by atoms with van der Waals surface area (Å²) < 4.78 is 0. The summed E-state index contributed by atoms with van der Waals surface area (Å²) in [4.78, 5) is 13.0. The highest BCUT2D eigenvalue weighted by Crippen LogP contribution is 2.21. The molecular formula is C15H22N2O2. The van der Waals surface area contributed by atoms with E-state index in [-0.39, 0.29) is 12.5 Å². The molecule has 2 rings (SSSR count). The molecule has 1 atom stereocenters. The van der Waals surface area contributed by atoms with Gasteiger partial charge in [-0.3, -0.25) is 4.79 Å². The van der Waals surface area contributed by atoms with E-state index < -0.39 is 5.97 Å². The maximum Gasteiger partial charge on any atom is 0.304 e. The zero-order valence-corrected chi connectivity index (χ0v) is 11.6. The van der Waals surface area contributed by atoms with Crippen molar-refractivity contribution in [1.29, 1.82) is 0 Å². The first-order chi connectivity index (χ1) is 9.04. The molecule has 1 aliphatic carbocycles. The number of carboxylic acid groups (broad SMARTS) is 1. The van der Waals surface area contributed by atoms with Crippen LogP contribution in [0.25, 0.3) is 0 Å². The Bertz CT molecular complexity index is 424. The van der Waals surface area contributed by atoms with E-state index in [1.807, 2.05) is 14.1 Å². The lowest BCUT2D eigenvalue weighted by Gasteiger charge is -2.18. The normalized spacial score (nSPS) is 16.1. The van der Waals surface area contributed by atoms with Gasteiger partial charge in [-0.15, -0.1) is 0 Å². The van der Waals surface area contributed by atoms with Crippen LogP contribution in [0.1, 0.15) is 24.8 Å². The molecule has 0 amide bonds. The van der Waals surface area contributed by atoms with Crippen LogP contribution in [0.2, 0.25) is 0 Å². The standard InChI is InChI=1S/C15H22N2O2/c1-17(2)14-7-3-11(4-8-14)9-13(10-15(18)19)16-12-5-6-12/h3-4,7-8,12-13,16H,5-6,9-10H2,1-2H3,(H,18,19). The lowest BCUT2D eigenvalue weighted by molar-refractivity contribution is -0.137. The molecule has 1 fully saturated rings. The fourth-order valence-electron chi connectivity index (χ4n) is 2.20. The number of hydrogen-bond acceptors (Lipinski definition) is 3. The minimum atomic E-state index is -0.733. The first-order valence-electron chi connectivity index (χ1n) is 6.78. The van der Waals surface area contributed by atoms with E-state index in [2.05, 4.69) is 34.5 Å². The second kappa shape index (κ2) is 6.06. The average molecular weight is 262 g/mol. The number of nitrogens with zero attached hydrogens (tertiary/aromatic N) is 1. The number of anilines is 1.